The molecule has 1 aliphatic heterocycles. The van der Waals surface area contributed by atoms with Crippen molar-refractivity contribution in [3.8, 4) is 0 Å². The van der Waals surface area contributed by atoms with E-state index in [1.165, 1.54) is 5.57 Å². The van der Waals surface area contributed by atoms with Crippen LogP contribution in [0, 0.1) is 0 Å². The lowest BCUT2D eigenvalue weighted by atomic mass is 9.75. The molecule has 3 amide bonds. The largest absolute Gasteiger partial charge is 0.481 e. The van der Waals surface area contributed by atoms with E-state index < -0.39 is 47.9 Å². The molecule has 1 heterocycles. The highest BCUT2D eigenvalue weighted by molar-refractivity contribution is 6.48. The van der Waals surface area contributed by atoms with Gasteiger partial charge in [-0.25, -0.2) is 4.79 Å². The second kappa shape index (κ2) is 13.0. The molecular weight excluding hydrogens is 473 g/mol. The number of allylic oxidation sites excluding steroid dienone is 4. The number of carbonyl (C=O) groups excluding carboxylic acids is 3. The first kappa shape index (κ1) is 30.9. The molecule has 0 saturated carbocycles. The topological polar surface area (TPSA) is 115 Å². The number of nitrogens with one attached hydrogen (secondary N) is 3. The van der Waals surface area contributed by atoms with Crippen molar-refractivity contribution in [2.24, 2.45) is 0 Å². The lowest BCUT2D eigenvalue weighted by Gasteiger charge is -2.32. The third kappa shape index (κ3) is 9.81. The van der Waals surface area contributed by atoms with Gasteiger partial charge in [-0.2, -0.15) is 0 Å². The van der Waals surface area contributed by atoms with Gasteiger partial charge in [-0.1, -0.05) is 23.8 Å². The summed E-state index contributed by atoms with van der Waals surface area (Å²) in [6.45, 7) is 15.3. The molecule has 37 heavy (non-hydrogen) atoms. The van der Waals surface area contributed by atoms with E-state index in [2.05, 4.69) is 34.2 Å². The Bertz CT molecular complexity index is 862. The molecule has 1 aliphatic carbocycles. The van der Waals surface area contributed by atoms with Crippen molar-refractivity contribution in [1.29, 1.82) is 0 Å². The van der Waals surface area contributed by atoms with Crippen LogP contribution in [0.5, 0.6) is 0 Å². The van der Waals surface area contributed by atoms with Crippen LogP contribution in [-0.2, 0) is 23.6 Å². The lowest BCUT2D eigenvalue weighted by Crippen LogP contribution is -2.56. The number of rotatable bonds is 11. The molecule has 9 nitrogen and oxygen atoms in total. The van der Waals surface area contributed by atoms with Crippen molar-refractivity contribution < 1.29 is 28.4 Å². The van der Waals surface area contributed by atoms with Crippen molar-refractivity contribution in [3.05, 3.63) is 23.8 Å². The molecular formula is C27H46BN3O6. The maximum Gasteiger partial charge on any atom is 0.481 e. The van der Waals surface area contributed by atoms with Crippen LogP contribution in [0.1, 0.15) is 93.9 Å². The Balaban J connectivity index is 2.17. The van der Waals surface area contributed by atoms with Crippen LogP contribution in [0.4, 0.5) is 4.79 Å². The van der Waals surface area contributed by atoms with Gasteiger partial charge < -0.3 is 30.0 Å². The number of amides is 3. The maximum atomic E-state index is 13.4. The summed E-state index contributed by atoms with van der Waals surface area (Å²) in [6.07, 6.45) is 9.99. The summed E-state index contributed by atoms with van der Waals surface area (Å²) in [5, 5.41) is 8.26. The van der Waals surface area contributed by atoms with E-state index in [9.17, 15) is 14.4 Å². The molecule has 0 radical (unpaired) electrons. The maximum absolute atomic E-state index is 13.4. The Morgan fingerprint density at radius 1 is 1.08 bits per heavy atom. The molecule has 1 saturated heterocycles. The van der Waals surface area contributed by atoms with Crippen LogP contribution < -0.4 is 16.0 Å². The molecule has 3 N–H and O–H groups in total. The summed E-state index contributed by atoms with van der Waals surface area (Å²) in [7, 11) is -0.670. The molecule has 208 valence electrons. The highest BCUT2D eigenvalue weighted by atomic mass is 16.7. The van der Waals surface area contributed by atoms with E-state index in [1.54, 1.807) is 27.7 Å². The van der Waals surface area contributed by atoms with Crippen LogP contribution in [0.2, 0.25) is 0 Å². The smallest absolute Gasteiger partial charge is 0.444 e. The minimum Gasteiger partial charge on any atom is -0.444 e. The zero-order valence-electron chi connectivity index (χ0n) is 23.9. The molecule has 0 aromatic carbocycles. The normalized spacial score (nSPS) is 20.0. The summed E-state index contributed by atoms with van der Waals surface area (Å²) < 4.78 is 17.8. The molecule has 1 fully saturated rings. The van der Waals surface area contributed by atoms with Gasteiger partial charge in [-0.15, -0.1) is 0 Å². The van der Waals surface area contributed by atoms with Crippen LogP contribution in [0.25, 0.3) is 0 Å². The average Bonchev–Trinajstić information content (AvgIpc) is 2.99. The van der Waals surface area contributed by atoms with Crippen molar-refractivity contribution >= 4 is 25.0 Å². The van der Waals surface area contributed by atoms with Gasteiger partial charge in [-0.05, 0) is 87.5 Å². The van der Waals surface area contributed by atoms with Gasteiger partial charge in [0.05, 0.1) is 23.6 Å². The van der Waals surface area contributed by atoms with Gasteiger partial charge in [0.2, 0.25) is 11.8 Å². The zero-order valence-corrected chi connectivity index (χ0v) is 23.9. The summed E-state index contributed by atoms with van der Waals surface area (Å²) >= 11 is 0. The van der Waals surface area contributed by atoms with Crippen LogP contribution >= 0.6 is 0 Å². The third-order valence-corrected chi connectivity index (χ3v) is 6.75. The molecule has 2 aliphatic rings. The first-order chi connectivity index (χ1) is 17.1. The number of hydrogen-bond donors (Lipinski definition) is 3. The Morgan fingerprint density at radius 2 is 1.73 bits per heavy atom. The predicted molar refractivity (Wildman–Crippen MR) is 145 cm³/mol. The van der Waals surface area contributed by atoms with Crippen LogP contribution in [0.3, 0.4) is 0 Å². The van der Waals surface area contributed by atoms with Gasteiger partial charge in [-0.3, -0.25) is 9.59 Å². The highest BCUT2D eigenvalue weighted by Crippen LogP contribution is 2.38. The van der Waals surface area contributed by atoms with Gasteiger partial charge in [0.25, 0.3) is 0 Å². The lowest BCUT2D eigenvalue weighted by molar-refractivity contribution is -0.128. The van der Waals surface area contributed by atoms with Crippen LogP contribution in [-0.4, -0.2) is 60.4 Å². The van der Waals surface area contributed by atoms with E-state index in [4.69, 9.17) is 14.0 Å². The number of hydrogen-bond acceptors (Lipinski definition) is 6. The van der Waals surface area contributed by atoms with Gasteiger partial charge in [0.1, 0.15) is 11.6 Å². The standard InChI is InChI=1S/C27H46BN3O6/c1-9-29-22(32)18-20(30-24(34)35-25(2,3)4)23(33)31-21(17-13-16-19-14-11-10-12-15-19)28-36-26(5,6)27(7,8)37-28/h11,14-15,20-21H,9-10,12-13,16-18H2,1-8H3,(H,29,32)(H,30,34)(H,31,33). The Hall–Kier alpha value is -2.33. The second-order valence-corrected chi connectivity index (χ2v) is 11.7. The van der Waals surface area contributed by atoms with Crippen molar-refractivity contribution in [2.75, 3.05) is 6.54 Å². The Kier molecular flexibility index (Phi) is 10.8. The summed E-state index contributed by atoms with van der Waals surface area (Å²) in [5.41, 5.74) is -0.593. The fraction of sp³-hybridized carbons (Fsp3) is 0.741. The highest BCUT2D eigenvalue weighted by Gasteiger charge is 2.54. The summed E-state index contributed by atoms with van der Waals surface area (Å²) in [5.74, 6) is -1.31. The van der Waals surface area contributed by atoms with Gasteiger partial charge in [0.15, 0.2) is 0 Å². The zero-order chi connectivity index (χ0) is 27.9. The van der Waals surface area contributed by atoms with E-state index in [1.807, 2.05) is 27.7 Å². The van der Waals surface area contributed by atoms with E-state index in [0.29, 0.717) is 13.0 Å². The second-order valence-electron chi connectivity index (χ2n) is 11.7. The fourth-order valence-electron chi connectivity index (χ4n) is 4.11. The molecule has 0 aromatic rings. The molecule has 2 unspecified atom stereocenters. The van der Waals surface area contributed by atoms with Crippen molar-refractivity contribution in [1.82, 2.24) is 16.0 Å². The first-order valence-corrected chi connectivity index (χ1v) is 13.4. The summed E-state index contributed by atoms with van der Waals surface area (Å²) in [4.78, 5) is 38.2. The average molecular weight is 519 g/mol. The van der Waals surface area contributed by atoms with Gasteiger partial charge in [0, 0.05) is 6.54 Å². The van der Waals surface area contributed by atoms with E-state index in [-0.39, 0.29) is 12.3 Å². The number of carbonyl (C=O) groups is 3. The van der Waals surface area contributed by atoms with Crippen molar-refractivity contribution in [3.63, 3.8) is 0 Å². The molecule has 0 aromatic heterocycles. The van der Waals surface area contributed by atoms with Gasteiger partial charge >= 0.3 is 13.2 Å². The molecule has 2 atom stereocenters. The first-order valence-electron chi connectivity index (χ1n) is 13.4. The SMILES string of the molecule is CCNC(=O)CC(NC(=O)OC(C)(C)C)C(=O)NC(CCCC1=CCCC=C1)B1OC(C)(C)C(C)(C)O1. The van der Waals surface area contributed by atoms with E-state index >= 15 is 0 Å². The summed E-state index contributed by atoms with van der Waals surface area (Å²) in [6, 6.07) is -1.12. The minimum atomic E-state index is -1.12. The van der Waals surface area contributed by atoms with E-state index in [0.717, 1.165) is 25.7 Å². The minimum absolute atomic E-state index is 0.216. The molecule has 0 bridgehead atoms. The number of ether oxygens (including phenoxy) is 1. The fourth-order valence-corrected chi connectivity index (χ4v) is 4.11. The third-order valence-electron chi connectivity index (χ3n) is 6.75. The quantitative estimate of drug-likeness (QED) is 0.356. The monoisotopic (exact) mass is 519 g/mol. The van der Waals surface area contributed by atoms with Crippen molar-refractivity contribution in [2.45, 2.75) is 123 Å². The number of alkyl carbamates (subject to hydrolysis) is 1. The van der Waals surface area contributed by atoms with Crippen LogP contribution in [0.15, 0.2) is 23.8 Å². The Labute approximate surface area is 222 Å². The molecule has 2 rings (SSSR count). The molecule has 0 spiro atoms. The predicted octanol–water partition coefficient (Wildman–Crippen LogP) is 3.97. The Morgan fingerprint density at radius 3 is 2.27 bits per heavy atom. The molecule has 10 heteroatoms.